The van der Waals surface area contributed by atoms with Gasteiger partial charge in [-0.15, -0.1) is 0 Å². The normalized spacial score (nSPS) is 18.9. The molecular formula is C27H38ClN3O7. The second-order valence-corrected chi connectivity index (χ2v) is 11.3. The lowest BCUT2D eigenvalue weighted by atomic mass is 9.83. The minimum atomic E-state index is -1.12. The van der Waals surface area contributed by atoms with Crippen molar-refractivity contribution in [2.45, 2.75) is 89.9 Å². The number of carbonyl (C=O) groups excluding carboxylic acids is 3. The summed E-state index contributed by atoms with van der Waals surface area (Å²) in [4.78, 5) is 52.1. The molecule has 38 heavy (non-hydrogen) atoms. The molecule has 0 aromatic heterocycles. The van der Waals surface area contributed by atoms with Crippen LogP contribution in [0.5, 0.6) is 5.75 Å². The summed E-state index contributed by atoms with van der Waals surface area (Å²) in [6.45, 7) is 5.24. The van der Waals surface area contributed by atoms with E-state index in [9.17, 15) is 19.2 Å². The standard InChI is InChI=1S/C27H38ClN3O7/c1-27(2,3)38-26(36)30-23(17-8-5-4-6-9-17)25(35)31-13-7-10-20(31)24(34)29-15-18-14-19(28)11-12-21(18)37-16-22(32)33/h11-12,14,17,20,23H,4-10,13,15-16H2,1-3H3,(H,29,34)(H,30,36)(H,32,33)/t20?,23-/m0/s1. The minimum Gasteiger partial charge on any atom is -0.482 e. The number of halogens is 1. The molecule has 3 rings (SSSR count). The van der Waals surface area contributed by atoms with Crippen molar-refractivity contribution < 1.29 is 33.8 Å². The summed E-state index contributed by atoms with van der Waals surface area (Å²) < 4.78 is 10.7. The lowest BCUT2D eigenvalue weighted by molar-refractivity contribution is -0.141. The monoisotopic (exact) mass is 551 g/mol. The predicted octanol–water partition coefficient (Wildman–Crippen LogP) is 3.88. The average Bonchev–Trinajstić information content (AvgIpc) is 3.34. The molecule has 1 saturated carbocycles. The number of ether oxygens (including phenoxy) is 2. The lowest BCUT2D eigenvalue weighted by Gasteiger charge is -2.35. The van der Waals surface area contributed by atoms with Crippen LogP contribution in [-0.4, -0.2) is 64.7 Å². The summed E-state index contributed by atoms with van der Waals surface area (Å²) in [5, 5.41) is 15.0. The molecule has 10 nitrogen and oxygen atoms in total. The van der Waals surface area contributed by atoms with Crippen LogP contribution in [0.15, 0.2) is 18.2 Å². The summed E-state index contributed by atoms with van der Waals surface area (Å²) in [5.74, 6) is -1.44. The third-order valence-corrected chi connectivity index (χ3v) is 6.96. The van der Waals surface area contributed by atoms with Gasteiger partial charge in [0.05, 0.1) is 0 Å². The highest BCUT2D eigenvalue weighted by atomic mass is 35.5. The van der Waals surface area contributed by atoms with Crippen molar-refractivity contribution in [1.82, 2.24) is 15.5 Å². The molecule has 0 bridgehead atoms. The van der Waals surface area contributed by atoms with Crippen LogP contribution in [0.4, 0.5) is 4.79 Å². The molecule has 1 saturated heterocycles. The van der Waals surface area contributed by atoms with Gasteiger partial charge in [0.2, 0.25) is 11.8 Å². The maximum absolute atomic E-state index is 13.8. The summed E-state index contributed by atoms with van der Waals surface area (Å²) in [5.41, 5.74) is -0.178. The number of alkyl carbamates (subject to hydrolysis) is 1. The van der Waals surface area contributed by atoms with Gasteiger partial charge in [-0.05, 0) is 70.6 Å². The number of carbonyl (C=O) groups is 4. The number of nitrogens with zero attached hydrogens (tertiary/aromatic N) is 1. The van der Waals surface area contributed by atoms with Gasteiger partial charge >= 0.3 is 12.1 Å². The number of carboxylic acid groups (broad SMARTS) is 1. The van der Waals surface area contributed by atoms with E-state index in [4.69, 9.17) is 26.2 Å². The number of hydrogen-bond acceptors (Lipinski definition) is 6. The van der Waals surface area contributed by atoms with Crippen molar-refractivity contribution in [3.63, 3.8) is 0 Å². The zero-order valence-corrected chi connectivity index (χ0v) is 23.0. The van der Waals surface area contributed by atoms with E-state index in [1.165, 1.54) is 0 Å². The highest BCUT2D eigenvalue weighted by Gasteiger charge is 2.41. The fraction of sp³-hybridized carbons (Fsp3) is 0.630. The molecule has 1 aliphatic carbocycles. The average molecular weight is 552 g/mol. The number of rotatable bonds is 9. The third kappa shape index (κ3) is 8.51. The zero-order valence-electron chi connectivity index (χ0n) is 22.3. The van der Waals surface area contributed by atoms with E-state index in [-0.39, 0.29) is 24.3 Å². The number of hydrogen-bond donors (Lipinski definition) is 3. The summed E-state index contributed by atoms with van der Waals surface area (Å²) in [6.07, 6.45) is 5.24. The molecule has 0 spiro atoms. The van der Waals surface area contributed by atoms with Crippen molar-refractivity contribution in [2.24, 2.45) is 5.92 Å². The first kappa shape index (κ1) is 29.5. The number of likely N-dealkylation sites (tertiary alicyclic amines) is 1. The Bertz CT molecular complexity index is 1020. The highest BCUT2D eigenvalue weighted by molar-refractivity contribution is 6.30. The Kier molecular flexibility index (Phi) is 10.2. The Hall–Kier alpha value is -3.01. The molecule has 2 aliphatic rings. The van der Waals surface area contributed by atoms with Gasteiger partial charge in [-0.2, -0.15) is 0 Å². The van der Waals surface area contributed by atoms with Crippen molar-refractivity contribution in [3.8, 4) is 5.75 Å². The first-order valence-electron chi connectivity index (χ1n) is 13.2. The summed E-state index contributed by atoms with van der Waals surface area (Å²) in [6, 6.07) is 3.28. The van der Waals surface area contributed by atoms with Crippen LogP contribution in [0.1, 0.15) is 71.3 Å². The van der Waals surface area contributed by atoms with E-state index in [1.807, 2.05) is 0 Å². The van der Waals surface area contributed by atoms with Crippen molar-refractivity contribution in [3.05, 3.63) is 28.8 Å². The fourth-order valence-corrected chi connectivity index (χ4v) is 5.23. The SMILES string of the molecule is CC(C)(C)OC(=O)N[C@H](C(=O)N1CCCC1C(=O)NCc1cc(Cl)ccc1OCC(=O)O)C1CCCCC1. The largest absolute Gasteiger partial charge is 0.482 e. The van der Waals surface area contributed by atoms with Gasteiger partial charge in [-0.1, -0.05) is 30.9 Å². The van der Waals surface area contributed by atoms with E-state index >= 15 is 0 Å². The second-order valence-electron chi connectivity index (χ2n) is 10.9. The van der Waals surface area contributed by atoms with Crippen LogP contribution in [-0.2, 0) is 25.7 Å². The Labute approximate surface area is 228 Å². The molecular weight excluding hydrogens is 514 g/mol. The van der Waals surface area contributed by atoms with Crippen LogP contribution in [0, 0.1) is 5.92 Å². The van der Waals surface area contributed by atoms with Gasteiger partial charge in [-0.25, -0.2) is 9.59 Å². The van der Waals surface area contributed by atoms with Crippen molar-refractivity contribution in [2.75, 3.05) is 13.2 Å². The number of benzene rings is 1. The molecule has 1 unspecified atom stereocenters. The van der Waals surface area contributed by atoms with Gasteiger partial charge in [0.1, 0.15) is 23.4 Å². The topological polar surface area (TPSA) is 134 Å². The number of nitrogens with one attached hydrogen (secondary N) is 2. The van der Waals surface area contributed by atoms with Gasteiger partial charge in [0.15, 0.2) is 6.61 Å². The maximum Gasteiger partial charge on any atom is 0.408 e. The van der Waals surface area contributed by atoms with Gasteiger partial charge < -0.3 is 30.1 Å². The van der Waals surface area contributed by atoms with Gasteiger partial charge in [0.25, 0.3) is 0 Å². The van der Waals surface area contributed by atoms with E-state index < -0.39 is 36.4 Å². The van der Waals surface area contributed by atoms with Crippen LogP contribution in [0.25, 0.3) is 0 Å². The van der Waals surface area contributed by atoms with Crippen LogP contribution >= 0.6 is 11.6 Å². The van der Waals surface area contributed by atoms with E-state index in [1.54, 1.807) is 43.9 Å². The molecule has 1 aliphatic heterocycles. The maximum atomic E-state index is 13.8. The van der Waals surface area contributed by atoms with Gasteiger partial charge in [-0.3, -0.25) is 9.59 Å². The predicted molar refractivity (Wildman–Crippen MR) is 141 cm³/mol. The van der Waals surface area contributed by atoms with E-state index in [0.717, 1.165) is 32.1 Å². The Morgan fingerprint density at radius 3 is 2.47 bits per heavy atom. The number of amides is 3. The van der Waals surface area contributed by atoms with Crippen LogP contribution in [0.3, 0.4) is 0 Å². The van der Waals surface area contributed by atoms with E-state index in [2.05, 4.69) is 10.6 Å². The van der Waals surface area contributed by atoms with Crippen molar-refractivity contribution in [1.29, 1.82) is 0 Å². The highest BCUT2D eigenvalue weighted by Crippen LogP contribution is 2.30. The molecule has 1 heterocycles. The van der Waals surface area contributed by atoms with Crippen molar-refractivity contribution >= 4 is 35.5 Å². The Morgan fingerprint density at radius 2 is 1.82 bits per heavy atom. The van der Waals surface area contributed by atoms with Crippen LogP contribution < -0.4 is 15.4 Å². The quantitative estimate of drug-likeness (QED) is 0.424. The lowest BCUT2D eigenvalue weighted by Crippen LogP contribution is -2.56. The molecule has 0 radical (unpaired) electrons. The first-order valence-corrected chi connectivity index (χ1v) is 13.5. The Morgan fingerprint density at radius 1 is 1.11 bits per heavy atom. The minimum absolute atomic E-state index is 0.0199. The second kappa shape index (κ2) is 13.2. The van der Waals surface area contributed by atoms with E-state index in [0.29, 0.717) is 35.7 Å². The molecule has 3 N–H and O–H groups in total. The summed E-state index contributed by atoms with van der Waals surface area (Å²) in [7, 11) is 0. The molecule has 2 fully saturated rings. The molecule has 11 heteroatoms. The number of carboxylic acids is 1. The molecule has 2 atom stereocenters. The fourth-order valence-electron chi connectivity index (χ4n) is 5.03. The summed E-state index contributed by atoms with van der Waals surface area (Å²) >= 11 is 6.09. The number of aliphatic carboxylic acids is 1. The smallest absolute Gasteiger partial charge is 0.408 e. The van der Waals surface area contributed by atoms with Gasteiger partial charge in [0, 0.05) is 23.7 Å². The third-order valence-electron chi connectivity index (χ3n) is 6.72. The zero-order chi connectivity index (χ0) is 27.9. The Balaban J connectivity index is 1.70. The first-order chi connectivity index (χ1) is 17.9. The molecule has 3 amide bonds. The molecule has 210 valence electrons. The van der Waals surface area contributed by atoms with Crippen LogP contribution in [0.2, 0.25) is 5.02 Å². The molecule has 1 aromatic carbocycles. The molecule has 1 aromatic rings.